The summed E-state index contributed by atoms with van der Waals surface area (Å²) in [6, 6.07) is 30.5. The number of aromatic amines is 1. The molecular formula is C48H51N7O6. The number of hydrogen-bond acceptors (Lipinski definition) is 8. The third-order valence-electron chi connectivity index (χ3n) is 12.0. The molecule has 13 nitrogen and oxygen atoms in total. The summed E-state index contributed by atoms with van der Waals surface area (Å²) >= 11 is 0. The maximum atomic E-state index is 13.9. The number of likely N-dealkylation sites (tertiary alicyclic amines) is 2. The van der Waals surface area contributed by atoms with E-state index in [9.17, 15) is 19.2 Å². The lowest BCUT2D eigenvalue weighted by Crippen LogP contribution is -2.53. The van der Waals surface area contributed by atoms with E-state index < -0.39 is 24.3 Å². The van der Waals surface area contributed by atoms with Gasteiger partial charge in [0.2, 0.25) is 5.91 Å². The molecule has 0 radical (unpaired) electrons. The van der Waals surface area contributed by atoms with Crippen molar-refractivity contribution in [1.29, 1.82) is 0 Å². The predicted molar refractivity (Wildman–Crippen MR) is 233 cm³/mol. The van der Waals surface area contributed by atoms with Crippen molar-refractivity contribution in [2.45, 2.75) is 70.1 Å². The minimum atomic E-state index is -0.877. The van der Waals surface area contributed by atoms with Crippen LogP contribution in [0.5, 0.6) is 0 Å². The zero-order valence-electron chi connectivity index (χ0n) is 34.9. The minimum Gasteiger partial charge on any atom is -0.453 e. The van der Waals surface area contributed by atoms with Gasteiger partial charge in [0.15, 0.2) is 0 Å². The lowest BCUT2D eigenvalue weighted by molar-refractivity contribution is -0.135. The van der Waals surface area contributed by atoms with E-state index in [1.807, 2.05) is 55.3 Å². The van der Waals surface area contributed by atoms with Crippen molar-refractivity contribution >= 4 is 35.4 Å². The van der Waals surface area contributed by atoms with E-state index in [0.717, 1.165) is 76.2 Å². The van der Waals surface area contributed by atoms with E-state index in [2.05, 4.69) is 82.3 Å². The van der Waals surface area contributed by atoms with Crippen LogP contribution < -0.4 is 10.6 Å². The number of ether oxygens (including phenoxy) is 2. The second kappa shape index (κ2) is 17.8. The van der Waals surface area contributed by atoms with E-state index in [0.29, 0.717) is 30.9 Å². The number of hydrogen-bond donors (Lipinski definition) is 3. The molecule has 0 bridgehead atoms. The molecule has 8 rings (SSSR count). The van der Waals surface area contributed by atoms with Gasteiger partial charge in [-0.1, -0.05) is 98.8 Å². The molecule has 5 aromatic rings. The van der Waals surface area contributed by atoms with Crippen LogP contribution in [-0.2, 0) is 25.5 Å². The van der Waals surface area contributed by atoms with Gasteiger partial charge in [-0.3, -0.25) is 14.6 Å². The van der Waals surface area contributed by atoms with Crippen molar-refractivity contribution in [2.75, 3.05) is 27.3 Å². The fraction of sp³-hybridized carbons (Fsp3) is 0.333. The number of rotatable bonds is 11. The summed E-state index contributed by atoms with van der Waals surface area (Å²) in [5.41, 5.74) is 9.96. The Morgan fingerprint density at radius 1 is 0.705 bits per heavy atom. The highest BCUT2D eigenvalue weighted by Gasteiger charge is 2.39. The fourth-order valence-corrected chi connectivity index (χ4v) is 8.79. The van der Waals surface area contributed by atoms with Crippen molar-refractivity contribution in [3.63, 3.8) is 0 Å². The smallest absolute Gasteiger partial charge is 0.407 e. The molecule has 3 N–H and O–H groups in total. The van der Waals surface area contributed by atoms with Crippen LogP contribution in [-0.4, -0.2) is 88.9 Å². The van der Waals surface area contributed by atoms with Gasteiger partial charge in [0.25, 0.3) is 5.91 Å². The number of fused-ring (bicyclic) bond motifs is 1. The van der Waals surface area contributed by atoms with Crippen molar-refractivity contribution in [1.82, 2.24) is 30.4 Å². The standard InChI is InChI=1S/C48H51N7O6/c1-29(2)42(52-47(58)60-3)45(56)54-24-8-12-40(54)38-27-36-26-35(22-23-37(36)50-38)32-16-14-30(15-17-32)31-18-20-33(21-19-31)39-28-49-44(51-39)41-13-9-25-55(41)46(57)43(53-48(59)61-4)34-10-6-5-7-11-34/h5-7,10-11,14-23,26,28-29,40-43H,8-9,12-13,24-25,27H2,1-4H3,(H,49,51)(H,52,58)(H,53,59)/t40-,41-,42-,43+/m0/s1. The molecule has 4 heterocycles. The van der Waals surface area contributed by atoms with Gasteiger partial charge in [-0.15, -0.1) is 0 Å². The summed E-state index contributed by atoms with van der Waals surface area (Å²) in [4.78, 5) is 68.7. The van der Waals surface area contributed by atoms with Gasteiger partial charge in [-0.25, -0.2) is 14.6 Å². The second-order valence-electron chi connectivity index (χ2n) is 16.2. The van der Waals surface area contributed by atoms with E-state index in [4.69, 9.17) is 19.5 Å². The molecule has 0 aliphatic carbocycles. The zero-order chi connectivity index (χ0) is 42.6. The number of aromatic nitrogens is 2. The summed E-state index contributed by atoms with van der Waals surface area (Å²) < 4.78 is 9.62. The highest BCUT2D eigenvalue weighted by Crippen LogP contribution is 2.37. The maximum absolute atomic E-state index is 13.9. The molecular weight excluding hydrogens is 771 g/mol. The Kier molecular flexibility index (Phi) is 12.0. The number of methoxy groups -OCH3 is 2. The monoisotopic (exact) mass is 821 g/mol. The molecule has 2 saturated heterocycles. The number of H-pyrrole nitrogens is 1. The third-order valence-corrected chi connectivity index (χ3v) is 12.0. The second-order valence-corrected chi connectivity index (χ2v) is 16.2. The van der Waals surface area contributed by atoms with E-state index >= 15 is 0 Å². The topological polar surface area (TPSA) is 158 Å². The fourth-order valence-electron chi connectivity index (χ4n) is 8.79. The maximum Gasteiger partial charge on any atom is 0.407 e. The van der Waals surface area contributed by atoms with E-state index in [1.54, 1.807) is 4.90 Å². The lowest BCUT2D eigenvalue weighted by atomic mass is 9.96. The number of nitrogens with one attached hydrogen (secondary N) is 3. The van der Waals surface area contributed by atoms with Gasteiger partial charge in [0, 0.05) is 25.2 Å². The number of alkyl carbamates (subject to hydrolysis) is 2. The molecule has 0 unspecified atom stereocenters. The average Bonchev–Trinajstić information content (AvgIpc) is 4.13. The Balaban J connectivity index is 0.911. The Labute approximate surface area is 355 Å². The molecule has 61 heavy (non-hydrogen) atoms. The van der Waals surface area contributed by atoms with Gasteiger partial charge in [-0.2, -0.15) is 0 Å². The van der Waals surface area contributed by atoms with Crippen LogP contribution in [0.25, 0.3) is 33.5 Å². The van der Waals surface area contributed by atoms with Crippen LogP contribution in [0.2, 0.25) is 0 Å². The summed E-state index contributed by atoms with van der Waals surface area (Å²) in [5.74, 6) is 0.314. The minimum absolute atomic E-state index is 0.0882. The number of amides is 4. The van der Waals surface area contributed by atoms with Crippen molar-refractivity contribution in [3.05, 3.63) is 120 Å². The predicted octanol–water partition coefficient (Wildman–Crippen LogP) is 8.17. The molecule has 13 heteroatoms. The van der Waals surface area contributed by atoms with Crippen molar-refractivity contribution in [2.24, 2.45) is 10.9 Å². The van der Waals surface area contributed by atoms with Gasteiger partial charge >= 0.3 is 12.2 Å². The van der Waals surface area contributed by atoms with Crippen LogP contribution in [0.15, 0.2) is 108 Å². The number of carbonyl (C=O) groups is 4. The molecule has 0 saturated carbocycles. The molecule has 3 aliphatic rings. The van der Waals surface area contributed by atoms with Crippen molar-refractivity contribution < 1.29 is 28.7 Å². The largest absolute Gasteiger partial charge is 0.453 e. The summed E-state index contributed by atoms with van der Waals surface area (Å²) in [5, 5.41) is 5.45. The Morgan fingerprint density at radius 2 is 1.28 bits per heavy atom. The zero-order valence-corrected chi connectivity index (χ0v) is 34.9. The molecule has 4 amide bonds. The highest BCUT2D eigenvalue weighted by molar-refractivity contribution is 6.01. The van der Waals surface area contributed by atoms with Gasteiger partial charge in [0.05, 0.1) is 43.9 Å². The SMILES string of the molecule is COC(=O)N[C@H](C(=O)N1CCC[C@H]1C1=Nc2ccc(-c3ccc(-c4ccc(-c5cnc([C@@H]6CCCN6C(=O)[C@H](NC(=O)OC)c6ccccc6)[nH]5)cc4)cc3)cc2C1)C(C)C. The quantitative estimate of drug-likeness (QED) is 0.121. The Hall–Kier alpha value is -6.76. The summed E-state index contributed by atoms with van der Waals surface area (Å²) in [6.07, 6.45) is 4.52. The number of aliphatic imine (C=N–C) groups is 1. The normalized spacial score (nSPS) is 18.0. The molecule has 2 fully saturated rings. The van der Waals surface area contributed by atoms with Gasteiger partial charge in [0.1, 0.15) is 17.9 Å². The lowest BCUT2D eigenvalue weighted by Gasteiger charge is -2.30. The molecule has 0 spiro atoms. The highest BCUT2D eigenvalue weighted by atomic mass is 16.5. The van der Waals surface area contributed by atoms with Crippen LogP contribution in [0.4, 0.5) is 15.3 Å². The van der Waals surface area contributed by atoms with Gasteiger partial charge in [-0.05, 0) is 82.7 Å². The Bertz CT molecular complexity index is 2430. The number of nitrogens with zero attached hydrogens (tertiary/aromatic N) is 4. The summed E-state index contributed by atoms with van der Waals surface area (Å²) in [6.45, 7) is 5.03. The molecule has 4 atom stereocenters. The first-order valence-corrected chi connectivity index (χ1v) is 20.9. The first-order valence-electron chi connectivity index (χ1n) is 20.9. The van der Waals surface area contributed by atoms with Crippen LogP contribution in [0, 0.1) is 5.92 Å². The molecule has 4 aromatic carbocycles. The number of carbonyl (C=O) groups excluding carboxylic acids is 4. The van der Waals surface area contributed by atoms with Gasteiger partial charge < -0.3 is 34.9 Å². The Morgan fingerprint density at radius 3 is 1.92 bits per heavy atom. The molecule has 3 aliphatic heterocycles. The number of benzene rings is 4. The van der Waals surface area contributed by atoms with E-state index in [-0.39, 0.29) is 29.8 Å². The molecule has 314 valence electrons. The van der Waals surface area contributed by atoms with Crippen LogP contribution >= 0.6 is 0 Å². The third kappa shape index (κ3) is 8.63. The summed E-state index contributed by atoms with van der Waals surface area (Å²) in [7, 11) is 2.59. The van der Waals surface area contributed by atoms with Crippen LogP contribution in [0.3, 0.4) is 0 Å². The first kappa shape index (κ1) is 41.0. The number of imidazole rings is 1. The van der Waals surface area contributed by atoms with E-state index in [1.165, 1.54) is 14.2 Å². The van der Waals surface area contributed by atoms with Crippen molar-refractivity contribution in [3.8, 4) is 33.5 Å². The molecule has 1 aromatic heterocycles. The average molecular weight is 822 g/mol. The first-order chi connectivity index (χ1) is 29.6. The van der Waals surface area contributed by atoms with Crippen LogP contribution in [0.1, 0.15) is 68.6 Å².